The van der Waals surface area contributed by atoms with Crippen LogP contribution in [-0.4, -0.2) is 4.98 Å². The van der Waals surface area contributed by atoms with Crippen molar-refractivity contribution in [3.8, 4) is 11.1 Å². The largest absolute Gasteiger partial charge is 0.326 e. The quantitative estimate of drug-likeness (QED) is 0.834. The van der Waals surface area contributed by atoms with Gasteiger partial charge in [0.2, 0.25) is 5.56 Å². The zero-order valence-electron chi connectivity index (χ0n) is 7.93. The first-order chi connectivity index (χ1) is 7.59. The minimum atomic E-state index is -0.574. The van der Waals surface area contributed by atoms with E-state index in [9.17, 15) is 9.18 Å². The summed E-state index contributed by atoms with van der Waals surface area (Å²) < 4.78 is 13.5. The second kappa shape index (κ2) is 4.28. The van der Waals surface area contributed by atoms with Crippen LogP contribution in [-0.2, 0) is 0 Å². The lowest BCUT2D eigenvalue weighted by Gasteiger charge is -2.07. The van der Waals surface area contributed by atoms with Gasteiger partial charge < -0.3 is 4.98 Å². The number of hydrogen-bond donors (Lipinski definition) is 1. The van der Waals surface area contributed by atoms with Crippen LogP contribution in [0.4, 0.5) is 4.39 Å². The summed E-state index contributed by atoms with van der Waals surface area (Å²) in [7, 11) is 0. The molecule has 0 bridgehead atoms. The van der Waals surface area contributed by atoms with E-state index in [-0.39, 0.29) is 5.56 Å². The molecule has 0 saturated heterocycles. The van der Waals surface area contributed by atoms with Crippen molar-refractivity contribution in [3.05, 3.63) is 56.7 Å². The molecule has 0 fully saturated rings. The highest BCUT2D eigenvalue weighted by atomic mass is 35.5. The summed E-state index contributed by atoms with van der Waals surface area (Å²) in [4.78, 5) is 13.4. The van der Waals surface area contributed by atoms with Gasteiger partial charge in [-0.25, -0.2) is 4.39 Å². The van der Waals surface area contributed by atoms with E-state index in [0.717, 1.165) is 12.3 Å². The summed E-state index contributed by atoms with van der Waals surface area (Å²) in [6, 6.07) is 5.95. The van der Waals surface area contributed by atoms with Gasteiger partial charge in [-0.3, -0.25) is 4.79 Å². The Morgan fingerprint density at radius 3 is 2.44 bits per heavy atom. The standard InChI is InChI=1S/C11H6Cl2FNO/c12-7-2-1-3-8(13)11(7)6-4-10(16)15-5-9(6)14/h1-5H,(H,15,16). The van der Waals surface area contributed by atoms with E-state index in [1.165, 1.54) is 0 Å². The fraction of sp³-hybridized carbons (Fsp3) is 0. The summed E-state index contributed by atoms with van der Waals surface area (Å²) in [5.41, 5.74) is 0.0150. The lowest BCUT2D eigenvalue weighted by atomic mass is 10.1. The monoisotopic (exact) mass is 257 g/mol. The summed E-state index contributed by atoms with van der Waals surface area (Å²) in [6.07, 6.45) is 0.983. The normalized spacial score (nSPS) is 10.4. The number of pyridine rings is 1. The van der Waals surface area contributed by atoms with Crippen LogP contribution in [0.5, 0.6) is 0 Å². The number of H-pyrrole nitrogens is 1. The van der Waals surface area contributed by atoms with E-state index in [0.29, 0.717) is 15.6 Å². The molecule has 0 atom stereocenters. The van der Waals surface area contributed by atoms with E-state index in [1.807, 2.05) is 0 Å². The van der Waals surface area contributed by atoms with Gasteiger partial charge in [-0.1, -0.05) is 29.3 Å². The smallest absolute Gasteiger partial charge is 0.248 e. The van der Waals surface area contributed by atoms with Crippen molar-refractivity contribution in [2.24, 2.45) is 0 Å². The first-order valence-corrected chi connectivity index (χ1v) is 5.18. The minimum absolute atomic E-state index is 0.0966. The van der Waals surface area contributed by atoms with Crippen molar-refractivity contribution in [1.29, 1.82) is 0 Å². The maximum Gasteiger partial charge on any atom is 0.248 e. The minimum Gasteiger partial charge on any atom is -0.326 e. The first-order valence-electron chi connectivity index (χ1n) is 4.42. The fourth-order valence-corrected chi connectivity index (χ4v) is 2.00. The molecule has 16 heavy (non-hydrogen) atoms. The van der Waals surface area contributed by atoms with Crippen molar-refractivity contribution in [3.63, 3.8) is 0 Å². The van der Waals surface area contributed by atoms with Gasteiger partial charge in [0.25, 0.3) is 0 Å². The summed E-state index contributed by atoms with van der Waals surface area (Å²) in [5, 5.41) is 0.606. The zero-order valence-corrected chi connectivity index (χ0v) is 9.44. The van der Waals surface area contributed by atoms with Crippen LogP contribution in [0.25, 0.3) is 11.1 Å². The van der Waals surface area contributed by atoms with Crippen molar-refractivity contribution >= 4 is 23.2 Å². The molecule has 0 aliphatic heterocycles. The van der Waals surface area contributed by atoms with Gasteiger partial charge in [0.05, 0.1) is 0 Å². The van der Waals surface area contributed by atoms with Crippen molar-refractivity contribution in [2.45, 2.75) is 0 Å². The third-order valence-electron chi connectivity index (χ3n) is 2.11. The van der Waals surface area contributed by atoms with Crippen molar-refractivity contribution < 1.29 is 4.39 Å². The molecule has 0 radical (unpaired) electrons. The van der Waals surface area contributed by atoms with Gasteiger partial charge in [0.15, 0.2) is 0 Å². The Bertz CT molecular complexity index is 575. The maximum absolute atomic E-state index is 13.5. The number of hydrogen-bond acceptors (Lipinski definition) is 1. The average Bonchev–Trinajstić information content (AvgIpc) is 2.23. The molecule has 0 saturated carbocycles. The maximum atomic E-state index is 13.5. The Kier molecular flexibility index (Phi) is 2.99. The van der Waals surface area contributed by atoms with E-state index < -0.39 is 11.4 Å². The lowest BCUT2D eigenvalue weighted by Crippen LogP contribution is -2.05. The van der Waals surface area contributed by atoms with Gasteiger partial charge in [-0.2, -0.15) is 0 Å². The van der Waals surface area contributed by atoms with Crippen LogP contribution in [0.1, 0.15) is 0 Å². The van der Waals surface area contributed by atoms with E-state index in [4.69, 9.17) is 23.2 Å². The van der Waals surface area contributed by atoms with Crippen LogP contribution >= 0.6 is 23.2 Å². The number of benzene rings is 1. The predicted octanol–water partition coefficient (Wildman–Crippen LogP) is 3.49. The molecule has 0 aliphatic rings. The molecule has 0 aliphatic carbocycles. The highest BCUT2D eigenvalue weighted by Crippen LogP contribution is 2.34. The third-order valence-corrected chi connectivity index (χ3v) is 2.74. The molecule has 5 heteroatoms. The molecule has 1 N–H and O–H groups in total. The molecule has 2 aromatic rings. The number of aromatic nitrogens is 1. The average molecular weight is 258 g/mol. The first kappa shape index (κ1) is 11.2. The number of aromatic amines is 1. The van der Waals surface area contributed by atoms with Gasteiger partial charge >= 0.3 is 0 Å². The van der Waals surface area contributed by atoms with E-state index >= 15 is 0 Å². The van der Waals surface area contributed by atoms with Gasteiger partial charge in [-0.05, 0) is 12.1 Å². The summed E-state index contributed by atoms with van der Waals surface area (Å²) in [6.45, 7) is 0. The number of nitrogens with one attached hydrogen (secondary N) is 1. The van der Waals surface area contributed by atoms with Crippen LogP contribution in [0.3, 0.4) is 0 Å². The Balaban J connectivity index is 2.77. The van der Waals surface area contributed by atoms with Crippen molar-refractivity contribution in [1.82, 2.24) is 4.98 Å². The van der Waals surface area contributed by atoms with Gasteiger partial charge in [0, 0.05) is 33.4 Å². The third kappa shape index (κ3) is 1.96. The molecule has 82 valence electrons. The molecule has 0 spiro atoms. The van der Waals surface area contributed by atoms with Crippen LogP contribution in [0, 0.1) is 5.82 Å². The Hall–Kier alpha value is -1.32. The molecular formula is C11H6Cl2FNO. The molecule has 2 nitrogen and oxygen atoms in total. The molecule has 0 amide bonds. The molecule has 1 aromatic carbocycles. The number of rotatable bonds is 1. The topological polar surface area (TPSA) is 32.9 Å². The van der Waals surface area contributed by atoms with Crippen LogP contribution in [0.15, 0.2) is 35.3 Å². The van der Waals surface area contributed by atoms with E-state index in [2.05, 4.69) is 4.98 Å². The SMILES string of the molecule is O=c1cc(-c2c(Cl)cccc2Cl)c(F)c[nH]1. The molecular weight excluding hydrogens is 252 g/mol. The fourth-order valence-electron chi connectivity index (χ4n) is 1.40. The molecule has 1 aromatic heterocycles. The van der Waals surface area contributed by atoms with E-state index in [1.54, 1.807) is 18.2 Å². The van der Waals surface area contributed by atoms with Crippen LogP contribution in [0.2, 0.25) is 10.0 Å². The Morgan fingerprint density at radius 1 is 1.19 bits per heavy atom. The molecule has 0 unspecified atom stereocenters. The Morgan fingerprint density at radius 2 is 1.81 bits per heavy atom. The highest BCUT2D eigenvalue weighted by Gasteiger charge is 2.12. The van der Waals surface area contributed by atoms with Gasteiger partial charge in [0.1, 0.15) is 5.82 Å². The van der Waals surface area contributed by atoms with Crippen LogP contribution < -0.4 is 5.56 Å². The molecule has 2 rings (SSSR count). The highest BCUT2D eigenvalue weighted by molar-refractivity contribution is 6.39. The van der Waals surface area contributed by atoms with Gasteiger partial charge in [-0.15, -0.1) is 0 Å². The molecule has 1 heterocycles. The predicted molar refractivity (Wildman–Crippen MR) is 62.5 cm³/mol. The Labute approximate surface area is 101 Å². The second-order valence-corrected chi connectivity index (χ2v) is 3.97. The summed E-state index contributed by atoms with van der Waals surface area (Å²) in [5.74, 6) is -0.574. The zero-order chi connectivity index (χ0) is 11.7. The lowest BCUT2D eigenvalue weighted by molar-refractivity contribution is 0.624. The second-order valence-electron chi connectivity index (χ2n) is 3.16. The summed E-state index contributed by atoms with van der Waals surface area (Å²) >= 11 is 11.9. The van der Waals surface area contributed by atoms with Crippen molar-refractivity contribution in [2.75, 3.05) is 0 Å². The number of halogens is 3.